The van der Waals surface area contributed by atoms with Crippen LogP contribution in [-0.4, -0.2) is 19.3 Å². The fraction of sp³-hybridized carbons (Fsp3) is 0.200. The van der Waals surface area contributed by atoms with Crippen molar-refractivity contribution >= 4 is 0 Å². The van der Waals surface area contributed by atoms with Crippen molar-refractivity contribution in [2.45, 2.75) is 6.92 Å². The smallest absolute Gasteiger partial charge is 0.160 e. The molecule has 0 spiro atoms. The van der Waals surface area contributed by atoms with Crippen LogP contribution < -0.4 is 9.47 Å². The fourth-order valence-electron chi connectivity index (χ4n) is 1.93. The van der Waals surface area contributed by atoms with Crippen molar-refractivity contribution < 1.29 is 14.6 Å². The van der Waals surface area contributed by atoms with Gasteiger partial charge in [0.05, 0.1) is 14.2 Å². The number of ether oxygens (including phenoxy) is 2. The lowest BCUT2D eigenvalue weighted by molar-refractivity contribution is 0.373. The Kier molecular flexibility index (Phi) is 3.42. The number of methoxy groups -OCH3 is 2. The maximum atomic E-state index is 9.77. The quantitative estimate of drug-likeness (QED) is 0.899. The van der Waals surface area contributed by atoms with Crippen molar-refractivity contribution in [3.05, 3.63) is 42.0 Å². The Morgan fingerprint density at radius 2 is 1.39 bits per heavy atom. The number of benzene rings is 2. The van der Waals surface area contributed by atoms with Crippen LogP contribution in [0, 0.1) is 6.92 Å². The highest BCUT2D eigenvalue weighted by atomic mass is 16.5. The van der Waals surface area contributed by atoms with Crippen LogP contribution in [0.2, 0.25) is 0 Å². The molecule has 0 aliphatic rings. The van der Waals surface area contributed by atoms with Gasteiger partial charge in [-0.15, -0.1) is 0 Å². The van der Waals surface area contributed by atoms with E-state index < -0.39 is 0 Å². The van der Waals surface area contributed by atoms with Crippen LogP contribution in [0.3, 0.4) is 0 Å². The molecule has 0 aliphatic heterocycles. The van der Waals surface area contributed by atoms with Crippen molar-refractivity contribution in [2.75, 3.05) is 14.2 Å². The summed E-state index contributed by atoms with van der Waals surface area (Å²) in [7, 11) is 3.19. The van der Waals surface area contributed by atoms with Gasteiger partial charge in [0, 0.05) is 0 Å². The molecule has 0 fully saturated rings. The van der Waals surface area contributed by atoms with Gasteiger partial charge in [0.25, 0.3) is 0 Å². The second kappa shape index (κ2) is 5.00. The lowest BCUT2D eigenvalue weighted by Gasteiger charge is -2.09. The summed E-state index contributed by atoms with van der Waals surface area (Å²) in [6.07, 6.45) is 0. The van der Waals surface area contributed by atoms with Gasteiger partial charge in [-0.1, -0.05) is 12.1 Å². The molecule has 0 radical (unpaired) electrons. The van der Waals surface area contributed by atoms with Crippen molar-refractivity contribution in [1.29, 1.82) is 0 Å². The zero-order valence-electron chi connectivity index (χ0n) is 10.7. The summed E-state index contributed by atoms with van der Waals surface area (Å²) in [5.74, 6) is 1.48. The fourth-order valence-corrected chi connectivity index (χ4v) is 1.93. The Hall–Kier alpha value is -2.16. The lowest BCUT2D eigenvalue weighted by Crippen LogP contribution is -1.88. The largest absolute Gasteiger partial charge is 0.504 e. The second-order valence-electron chi connectivity index (χ2n) is 4.07. The molecule has 94 valence electrons. The van der Waals surface area contributed by atoms with Crippen LogP contribution in [0.15, 0.2) is 36.4 Å². The van der Waals surface area contributed by atoms with E-state index in [9.17, 15) is 5.11 Å². The molecule has 0 bridgehead atoms. The predicted molar refractivity (Wildman–Crippen MR) is 71.4 cm³/mol. The third kappa shape index (κ3) is 2.25. The monoisotopic (exact) mass is 244 g/mol. The van der Waals surface area contributed by atoms with Gasteiger partial charge in [0.2, 0.25) is 0 Å². The molecule has 3 heteroatoms. The number of rotatable bonds is 3. The van der Waals surface area contributed by atoms with Gasteiger partial charge in [-0.05, 0) is 47.9 Å². The highest BCUT2D eigenvalue weighted by Crippen LogP contribution is 2.32. The summed E-state index contributed by atoms with van der Waals surface area (Å²) >= 11 is 0. The Balaban J connectivity index is 2.42. The first-order valence-corrected chi connectivity index (χ1v) is 5.67. The number of phenols is 1. The van der Waals surface area contributed by atoms with Crippen LogP contribution in [0.25, 0.3) is 11.1 Å². The number of aryl methyl sites for hydroxylation is 1. The third-order valence-corrected chi connectivity index (χ3v) is 2.91. The molecular weight excluding hydrogens is 228 g/mol. The lowest BCUT2D eigenvalue weighted by atomic mass is 10.0. The molecule has 18 heavy (non-hydrogen) atoms. The summed E-state index contributed by atoms with van der Waals surface area (Å²) in [5.41, 5.74) is 3.04. The minimum atomic E-state index is 0.142. The normalized spacial score (nSPS) is 10.2. The van der Waals surface area contributed by atoms with Gasteiger partial charge >= 0.3 is 0 Å². The van der Waals surface area contributed by atoms with E-state index in [0.29, 0.717) is 5.75 Å². The van der Waals surface area contributed by atoms with E-state index in [1.54, 1.807) is 19.2 Å². The van der Waals surface area contributed by atoms with Crippen LogP contribution in [0.4, 0.5) is 0 Å². The van der Waals surface area contributed by atoms with Crippen molar-refractivity contribution in [1.82, 2.24) is 0 Å². The summed E-state index contributed by atoms with van der Waals surface area (Å²) in [5, 5.41) is 9.77. The van der Waals surface area contributed by atoms with Gasteiger partial charge in [-0.2, -0.15) is 0 Å². The van der Waals surface area contributed by atoms with Gasteiger partial charge in [-0.25, -0.2) is 0 Å². The molecule has 0 heterocycles. The van der Waals surface area contributed by atoms with Gasteiger partial charge in [0.15, 0.2) is 11.5 Å². The topological polar surface area (TPSA) is 38.7 Å². The highest BCUT2D eigenvalue weighted by Gasteiger charge is 2.06. The first-order valence-electron chi connectivity index (χ1n) is 5.67. The molecule has 2 aromatic carbocycles. The van der Waals surface area contributed by atoms with Gasteiger partial charge in [-0.3, -0.25) is 0 Å². The number of hydrogen-bond acceptors (Lipinski definition) is 3. The molecule has 0 amide bonds. The molecule has 3 nitrogen and oxygen atoms in total. The van der Waals surface area contributed by atoms with E-state index in [-0.39, 0.29) is 5.75 Å². The second-order valence-corrected chi connectivity index (χ2v) is 4.07. The number of hydrogen-bond donors (Lipinski definition) is 1. The van der Waals surface area contributed by atoms with Gasteiger partial charge < -0.3 is 14.6 Å². The van der Waals surface area contributed by atoms with Crippen LogP contribution in [0.5, 0.6) is 17.2 Å². The van der Waals surface area contributed by atoms with Crippen molar-refractivity contribution in [3.63, 3.8) is 0 Å². The first kappa shape index (κ1) is 12.3. The molecule has 0 aromatic heterocycles. The molecule has 1 N–H and O–H groups in total. The summed E-state index contributed by atoms with van der Waals surface area (Å²) in [4.78, 5) is 0. The van der Waals surface area contributed by atoms with Crippen LogP contribution in [0.1, 0.15) is 5.56 Å². The van der Waals surface area contributed by atoms with Crippen LogP contribution >= 0.6 is 0 Å². The van der Waals surface area contributed by atoms with E-state index in [1.165, 1.54) is 7.11 Å². The van der Waals surface area contributed by atoms with E-state index >= 15 is 0 Å². The maximum Gasteiger partial charge on any atom is 0.160 e. The molecule has 0 saturated carbocycles. The molecule has 0 unspecified atom stereocenters. The molecular formula is C15H16O3. The summed E-state index contributed by atoms with van der Waals surface area (Å²) in [6.45, 7) is 1.99. The van der Waals surface area contributed by atoms with Gasteiger partial charge in [0.1, 0.15) is 5.75 Å². The van der Waals surface area contributed by atoms with Crippen LogP contribution in [-0.2, 0) is 0 Å². The average Bonchev–Trinajstić information content (AvgIpc) is 2.38. The summed E-state index contributed by atoms with van der Waals surface area (Å²) in [6, 6.07) is 11.3. The Bertz CT molecular complexity index is 510. The SMILES string of the molecule is COc1ccc(-c2ccc(OC)c(O)c2)cc1C. The third-order valence-electron chi connectivity index (χ3n) is 2.91. The minimum Gasteiger partial charge on any atom is -0.504 e. The first-order chi connectivity index (χ1) is 8.65. The maximum absolute atomic E-state index is 9.77. The highest BCUT2D eigenvalue weighted by molar-refractivity contribution is 5.68. The van der Waals surface area contributed by atoms with E-state index in [2.05, 4.69) is 0 Å². The van der Waals surface area contributed by atoms with Crippen molar-refractivity contribution in [3.8, 4) is 28.4 Å². The predicted octanol–water partition coefficient (Wildman–Crippen LogP) is 3.38. The zero-order valence-corrected chi connectivity index (χ0v) is 10.7. The standard InChI is InChI=1S/C15H16O3/c1-10-8-11(4-6-14(10)17-2)12-5-7-15(18-3)13(16)9-12/h4-9,16H,1-3H3. The van der Waals surface area contributed by atoms with E-state index in [4.69, 9.17) is 9.47 Å². The van der Waals surface area contributed by atoms with Crippen molar-refractivity contribution in [2.24, 2.45) is 0 Å². The Labute approximate surface area is 107 Å². The van der Waals surface area contributed by atoms with E-state index in [0.717, 1.165) is 22.4 Å². The molecule has 0 aliphatic carbocycles. The number of phenolic OH excluding ortho intramolecular Hbond substituents is 1. The zero-order chi connectivity index (χ0) is 13.1. The Morgan fingerprint density at radius 1 is 0.833 bits per heavy atom. The summed E-state index contributed by atoms with van der Waals surface area (Å²) < 4.78 is 10.3. The molecule has 0 saturated heterocycles. The Morgan fingerprint density at radius 3 is 1.89 bits per heavy atom. The molecule has 2 rings (SSSR count). The molecule has 2 aromatic rings. The number of aromatic hydroxyl groups is 1. The average molecular weight is 244 g/mol. The molecule has 0 atom stereocenters. The van der Waals surface area contributed by atoms with E-state index in [1.807, 2.05) is 31.2 Å². The minimum absolute atomic E-state index is 0.142.